The van der Waals surface area contributed by atoms with Crippen LogP contribution in [0.1, 0.15) is 93.2 Å². The summed E-state index contributed by atoms with van der Waals surface area (Å²) < 4.78 is 81.0. The van der Waals surface area contributed by atoms with Crippen LogP contribution in [0.5, 0.6) is 0 Å². The van der Waals surface area contributed by atoms with Crippen LogP contribution in [0.3, 0.4) is 0 Å². The van der Waals surface area contributed by atoms with Crippen molar-refractivity contribution in [1.29, 1.82) is 0 Å². The van der Waals surface area contributed by atoms with Gasteiger partial charge in [0.05, 0.1) is 0 Å². The van der Waals surface area contributed by atoms with Crippen molar-refractivity contribution in [3.05, 3.63) is 215 Å². The molecule has 3 saturated heterocycles. The third-order valence-corrected chi connectivity index (χ3v) is 25.4. The molecule has 11 nitrogen and oxygen atoms in total. The maximum absolute atomic E-state index is 7.86. The molecule has 0 aromatic heterocycles. The molecule has 0 saturated carbocycles. The van der Waals surface area contributed by atoms with E-state index in [9.17, 15) is 0 Å². The third-order valence-electron chi connectivity index (χ3n) is 15.0. The Labute approximate surface area is 469 Å². The van der Waals surface area contributed by atoms with Gasteiger partial charge in [-0.3, -0.25) is 0 Å². The molecule has 0 N–H and O–H groups in total. The first-order valence-electron chi connectivity index (χ1n) is 28.5. The van der Waals surface area contributed by atoms with Gasteiger partial charge >= 0.3 is 460 Å². The monoisotopic (exact) mass is 1170 g/mol. The fraction of sp³-hybridized carbons (Fsp3) is 0.455. The summed E-state index contributed by atoms with van der Waals surface area (Å²) in [5, 5.41) is 0. The molecule has 416 valence electrons. The van der Waals surface area contributed by atoms with Gasteiger partial charge in [-0.1, -0.05) is 12.1 Å². The molecule has 3 aliphatic rings. The van der Waals surface area contributed by atoms with Crippen LogP contribution < -0.4 is 0 Å². The second-order valence-electron chi connectivity index (χ2n) is 21.5. The molecule has 6 aromatic carbocycles. The molecular weight excluding hydrogens is 1090 g/mol. The quantitative estimate of drug-likeness (QED) is 0.0403. The number of hydrogen-bond donors (Lipinski definition) is 0. The number of rotatable bonds is 30. The fourth-order valence-electron chi connectivity index (χ4n) is 10.9. The molecular formula is C66H82O11Sn. The van der Waals surface area contributed by atoms with Crippen LogP contribution in [0.25, 0.3) is 0 Å². The summed E-state index contributed by atoms with van der Waals surface area (Å²) in [6.07, 6.45) is -1.23. The van der Waals surface area contributed by atoms with Crippen molar-refractivity contribution < 1.29 is 48.8 Å². The Bertz CT molecular complexity index is 2570. The SMILES string of the molecule is CCC[CH2][Sn]1([CH2]CCC)[O][C@@H]([C@@H](OCc2ccccc2)[C@H](OCc2ccccc2)[C@H]2COC(C)(C)O2)[C@@H](C[C@H]2O[C@H](COCc3ccccc3)[C@@H](OCc3ccccc3)[C@H](OCc3ccccc3)[C@H]2OCc2ccccc2)[O]1. The molecule has 0 unspecified atom stereocenters. The van der Waals surface area contributed by atoms with Crippen LogP contribution in [-0.4, -0.2) is 99.2 Å². The van der Waals surface area contributed by atoms with E-state index < -0.39 is 86.0 Å². The van der Waals surface area contributed by atoms with Gasteiger partial charge in [0.15, 0.2) is 0 Å². The molecule has 10 atom stereocenters. The van der Waals surface area contributed by atoms with Gasteiger partial charge in [-0.2, -0.15) is 0 Å². The van der Waals surface area contributed by atoms with Crippen LogP contribution >= 0.6 is 0 Å². The summed E-state index contributed by atoms with van der Waals surface area (Å²) in [5.74, 6) is -0.828. The molecule has 3 heterocycles. The molecule has 9 rings (SSSR count). The third kappa shape index (κ3) is 16.9. The Hall–Kier alpha value is -4.32. The topological polar surface area (TPSA) is 102 Å². The molecule has 78 heavy (non-hydrogen) atoms. The van der Waals surface area contributed by atoms with Gasteiger partial charge in [-0.15, -0.1) is 0 Å². The first kappa shape index (κ1) is 58.3. The molecule has 6 aromatic rings. The van der Waals surface area contributed by atoms with E-state index in [0.29, 0.717) is 52.7 Å². The molecule has 3 aliphatic heterocycles. The Kier molecular flexibility index (Phi) is 22.4. The van der Waals surface area contributed by atoms with Crippen molar-refractivity contribution in [3.8, 4) is 0 Å². The minimum atomic E-state index is -3.99. The van der Waals surface area contributed by atoms with E-state index in [4.69, 9.17) is 48.8 Å². The van der Waals surface area contributed by atoms with E-state index in [0.717, 1.165) is 67.9 Å². The Morgan fingerprint density at radius 1 is 0.474 bits per heavy atom. The average molecular weight is 1170 g/mol. The number of unbranched alkanes of at least 4 members (excludes halogenated alkanes) is 2. The van der Waals surface area contributed by atoms with Crippen molar-refractivity contribution in [3.63, 3.8) is 0 Å². The van der Waals surface area contributed by atoms with Crippen LogP contribution in [0, 0.1) is 0 Å². The zero-order chi connectivity index (χ0) is 53.8. The molecule has 0 aliphatic carbocycles. The Morgan fingerprint density at radius 2 is 0.885 bits per heavy atom. The van der Waals surface area contributed by atoms with Crippen LogP contribution in [0.15, 0.2) is 182 Å². The zero-order valence-electron chi connectivity index (χ0n) is 46.2. The van der Waals surface area contributed by atoms with E-state index in [-0.39, 0.29) is 6.61 Å². The van der Waals surface area contributed by atoms with E-state index >= 15 is 0 Å². The minimum absolute atomic E-state index is 0.246. The standard InChI is InChI=1S/C58H64O11.2C4H9.Sn/c1-58(2)67-41-51(69-58)55(64-37-45-27-15-6-16-28-45)56(65-38-46-29-17-7-18-30-46)52(60)48(59)33-49-53(62-35-43-23-11-4-12-24-43)57(66-39-47-31-19-8-20-32-47)54(63-36-44-25-13-5-14-26-44)50(68-49)40-61-34-42-21-9-3-10-22-42;2*1-3-4-2;/h3-32,48-57H,33-41H2,1-2H3;2*1,3-4H2,2H3;/q-2;;;+2/t48-,49-,50-,51-,52-,53+,54-,55-,56-,57-;;;/m1.../s1. The summed E-state index contributed by atoms with van der Waals surface area (Å²) in [5.41, 5.74) is 6.28. The van der Waals surface area contributed by atoms with Crippen molar-refractivity contribution in [2.75, 3.05) is 13.2 Å². The van der Waals surface area contributed by atoms with Crippen molar-refractivity contribution in [1.82, 2.24) is 0 Å². The summed E-state index contributed by atoms with van der Waals surface area (Å²) in [6, 6.07) is 61.7. The Morgan fingerprint density at radius 3 is 1.32 bits per heavy atom. The van der Waals surface area contributed by atoms with Crippen molar-refractivity contribution in [2.45, 2.75) is 175 Å². The molecule has 0 amide bonds. The number of benzene rings is 6. The van der Waals surface area contributed by atoms with Crippen LogP contribution in [0.4, 0.5) is 0 Å². The van der Waals surface area contributed by atoms with Gasteiger partial charge in [0.25, 0.3) is 0 Å². The second kappa shape index (κ2) is 29.9. The predicted octanol–water partition coefficient (Wildman–Crippen LogP) is 13.3. The summed E-state index contributed by atoms with van der Waals surface area (Å²) in [4.78, 5) is 0. The van der Waals surface area contributed by atoms with E-state index in [2.05, 4.69) is 86.6 Å². The number of hydrogen-bond acceptors (Lipinski definition) is 11. The summed E-state index contributed by atoms with van der Waals surface area (Å²) in [6.45, 7) is 11.1. The fourth-order valence-corrected chi connectivity index (χ4v) is 22.7. The van der Waals surface area contributed by atoms with Gasteiger partial charge < -0.3 is 0 Å². The van der Waals surface area contributed by atoms with Gasteiger partial charge in [-0.25, -0.2) is 0 Å². The first-order valence-corrected chi connectivity index (χ1v) is 34.9. The molecule has 3 fully saturated rings. The predicted molar refractivity (Wildman–Crippen MR) is 304 cm³/mol. The van der Waals surface area contributed by atoms with E-state index in [1.807, 2.05) is 123 Å². The van der Waals surface area contributed by atoms with Crippen molar-refractivity contribution >= 4 is 19.2 Å². The van der Waals surface area contributed by atoms with E-state index in [1.165, 1.54) is 0 Å². The first-order chi connectivity index (χ1) is 38.3. The molecule has 0 radical (unpaired) electrons. The number of ether oxygens (including phenoxy) is 9. The molecule has 12 heteroatoms. The van der Waals surface area contributed by atoms with Gasteiger partial charge in [0.1, 0.15) is 0 Å². The van der Waals surface area contributed by atoms with Gasteiger partial charge in [0, 0.05) is 0 Å². The van der Waals surface area contributed by atoms with Crippen molar-refractivity contribution in [2.24, 2.45) is 0 Å². The molecule has 0 spiro atoms. The van der Waals surface area contributed by atoms with E-state index in [1.54, 1.807) is 0 Å². The summed E-state index contributed by atoms with van der Waals surface area (Å²) in [7, 11) is 0. The average Bonchev–Trinajstić information content (AvgIpc) is 4.05. The second-order valence-corrected chi connectivity index (χ2v) is 30.9. The van der Waals surface area contributed by atoms with Crippen LogP contribution in [0.2, 0.25) is 8.87 Å². The zero-order valence-corrected chi connectivity index (χ0v) is 49.0. The summed E-state index contributed by atoms with van der Waals surface area (Å²) >= 11 is -3.99. The van der Waals surface area contributed by atoms with Crippen LogP contribution in [-0.2, 0) is 88.4 Å². The normalized spacial score (nSPS) is 24.5. The van der Waals surface area contributed by atoms with Gasteiger partial charge in [0.2, 0.25) is 0 Å². The Balaban J connectivity index is 1.14. The van der Waals surface area contributed by atoms with Gasteiger partial charge in [-0.05, 0) is 0 Å². The maximum atomic E-state index is 7.86. The molecule has 0 bridgehead atoms.